The van der Waals surface area contributed by atoms with Gasteiger partial charge >= 0.3 is 0 Å². The first-order valence-electron chi connectivity index (χ1n) is 8.32. The largest absolute Gasteiger partial charge is 0.317 e. The minimum atomic E-state index is 0.214. The Morgan fingerprint density at radius 3 is 2.30 bits per heavy atom. The van der Waals surface area contributed by atoms with Gasteiger partial charge in [0.2, 0.25) is 0 Å². The highest BCUT2D eigenvalue weighted by Crippen LogP contribution is 2.14. The standard InChI is InChI=1S/C17H33N3/c1-17(2,3)15-19-13-7-11-18-12-8-14-20-16-9-5-4-6-10-16/h15,18H,4-14H2,1-3H3. The second kappa shape index (κ2) is 10.1. The van der Waals surface area contributed by atoms with E-state index in [0.29, 0.717) is 0 Å². The van der Waals surface area contributed by atoms with Crippen molar-refractivity contribution in [3.8, 4) is 0 Å². The molecule has 0 bridgehead atoms. The third-order valence-corrected chi connectivity index (χ3v) is 3.40. The Morgan fingerprint density at radius 1 is 1.00 bits per heavy atom. The highest BCUT2D eigenvalue weighted by atomic mass is 14.9. The molecule has 1 aliphatic carbocycles. The molecule has 0 unspecified atom stereocenters. The summed E-state index contributed by atoms with van der Waals surface area (Å²) in [5.41, 5.74) is 1.68. The molecule has 1 N–H and O–H groups in total. The number of nitrogens with one attached hydrogen (secondary N) is 1. The van der Waals surface area contributed by atoms with E-state index in [9.17, 15) is 0 Å². The molecule has 1 aliphatic rings. The Balaban J connectivity index is 1.88. The number of hydrogen-bond donors (Lipinski definition) is 1. The fourth-order valence-corrected chi connectivity index (χ4v) is 2.32. The molecular weight excluding hydrogens is 246 g/mol. The zero-order chi connectivity index (χ0) is 14.7. The SMILES string of the molecule is CC(C)(C)C=NCCCNCCCN=C1CCCCC1. The van der Waals surface area contributed by atoms with Crippen LogP contribution in [0.3, 0.4) is 0 Å². The lowest BCUT2D eigenvalue weighted by molar-refractivity contribution is 0.598. The molecule has 0 aromatic carbocycles. The van der Waals surface area contributed by atoms with Crippen LogP contribution in [0.1, 0.15) is 65.7 Å². The molecule has 3 heteroatoms. The summed E-state index contributed by atoms with van der Waals surface area (Å²) < 4.78 is 0. The monoisotopic (exact) mass is 279 g/mol. The third kappa shape index (κ3) is 10.1. The summed E-state index contributed by atoms with van der Waals surface area (Å²) in [6, 6.07) is 0. The summed E-state index contributed by atoms with van der Waals surface area (Å²) in [5, 5.41) is 3.48. The van der Waals surface area contributed by atoms with Crippen molar-refractivity contribution in [2.75, 3.05) is 26.2 Å². The van der Waals surface area contributed by atoms with E-state index in [2.05, 4.69) is 37.3 Å². The maximum absolute atomic E-state index is 4.71. The maximum atomic E-state index is 4.71. The molecule has 1 rings (SSSR count). The minimum absolute atomic E-state index is 0.214. The number of rotatable bonds is 8. The van der Waals surface area contributed by atoms with Gasteiger partial charge in [0.1, 0.15) is 0 Å². The lowest BCUT2D eigenvalue weighted by atomic mass is 9.98. The van der Waals surface area contributed by atoms with Gasteiger partial charge in [0, 0.05) is 25.0 Å². The number of hydrogen-bond acceptors (Lipinski definition) is 3. The van der Waals surface area contributed by atoms with E-state index >= 15 is 0 Å². The molecule has 1 saturated carbocycles. The number of aliphatic imine (C=N–C) groups is 2. The first kappa shape index (κ1) is 17.4. The van der Waals surface area contributed by atoms with Gasteiger partial charge in [0.25, 0.3) is 0 Å². The Kier molecular flexibility index (Phi) is 8.75. The zero-order valence-corrected chi connectivity index (χ0v) is 13.7. The lowest BCUT2D eigenvalue weighted by Crippen LogP contribution is -2.18. The van der Waals surface area contributed by atoms with Crippen molar-refractivity contribution in [3.05, 3.63) is 0 Å². The minimum Gasteiger partial charge on any atom is -0.317 e. The average Bonchev–Trinajstić information content (AvgIpc) is 2.41. The zero-order valence-electron chi connectivity index (χ0n) is 13.7. The highest BCUT2D eigenvalue weighted by molar-refractivity contribution is 5.84. The summed E-state index contributed by atoms with van der Waals surface area (Å²) in [5.74, 6) is 0. The molecule has 0 amide bonds. The lowest BCUT2D eigenvalue weighted by Gasteiger charge is -2.12. The molecule has 0 atom stereocenters. The van der Waals surface area contributed by atoms with Gasteiger partial charge in [0.05, 0.1) is 0 Å². The van der Waals surface area contributed by atoms with Crippen LogP contribution in [-0.2, 0) is 0 Å². The van der Waals surface area contributed by atoms with Crippen LogP contribution in [0.15, 0.2) is 9.98 Å². The predicted octanol–water partition coefficient (Wildman–Crippen LogP) is 3.88. The molecule has 116 valence electrons. The van der Waals surface area contributed by atoms with Crippen LogP contribution in [0, 0.1) is 5.41 Å². The Bertz CT molecular complexity index is 292. The van der Waals surface area contributed by atoms with Gasteiger partial charge in [-0.3, -0.25) is 9.98 Å². The summed E-state index contributed by atoms with van der Waals surface area (Å²) in [7, 11) is 0. The topological polar surface area (TPSA) is 36.8 Å². The van der Waals surface area contributed by atoms with Crippen molar-refractivity contribution in [1.29, 1.82) is 0 Å². The molecule has 0 saturated heterocycles. The van der Waals surface area contributed by atoms with Crippen LogP contribution in [0.2, 0.25) is 0 Å². The smallest absolute Gasteiger partial charge is 0.0400 e. The fraction of sp³-hybridized carbons (Fsp3) is 0.882. The molecule has 0 spiro atoms. The molecule has 1 fully saturated rings. The van der Waals surface area contributed by atoms with Crippen molar-refractivity contribution < 1.29 is 0 Å². The average molecular weight is 279 g/mol. The van der Waals surface area contributed by atoms with Gasteiger partial charge < -0.3 is 5.32 Å². The van der Waals surface area contributed by atoms with E-state index in [1.54, 1.807) is 0 Å². The quantitative estimate of drug-likeness (QED) is 0.531. The number of nitrogens with zero attached hydrogens (tertiary/aromatic N) is 2. The van der Waals surface area contributed by atoms with Crippen molar-refractivity contribution in [2.24, 2.45) is 15.4 Å². The van der Waals surface area contributed by atoms with Gasteiger partial charge in [-0.1, -0.05) is 27.2 Å². The van der Waals surface area contributed by atoms with Crippen molar-refractivity contribution in [1.82, 2.24) is 5.32 Å². The van der Waals surface area contributed by atoms with Crippen LogP contribution in [-0.4, -0.2) is 38.1 Å². The fourth-order valence-electron chi connectivity index (χ4n) is 2.32. The van der Waals surface area contributed by atoms with E-state index in [1.807, 2.05) is 0 Å². The van der Waals surface area contributed by atoms with Crippen molar-refractivity contribution in [3.63, 3.8) is 0 Å². The first-order valence-corrected chi connectivity index (χ1v) is 8.32. The van der Waals surface area contributed by atoms with Crippen LogP contribution >= 0.6 is 0 Å². The van der Waals surface area contributed by atoms with Crippen LogP contribution < -0.4 is 5.32 Å². The predicted molar refractivity (Wildman–Crippen MR) is 90.3 cm³/mol. The van der Waals surface area contributed by atoms with Crippen LogP contribution in [0.5, 0.6) is 0 Å². The summed E-state index contributed by atoms with van der Waals surface area (Å²) in [6.07, 6.45) is 11.0. The Morgan fingerprint density at radius 2 is 1.65 bits per heavy atom. The highest BCUT2D eigenvalue weighted by Gasteiger charge is 2.05. The Labute approximate surface area is 125 Å². The van der Waals surface area contributed by atoms with Gasteiger partial charge in [0.15, 0.2) is 0 Å². The molecule has 0 aliphatic heterocycles. The van der Waals surface area contributed by atoms with E-state index in [-0.39, 0.29) is 5.41 Å². The van der Waals surface area contributed by atoms with Crippen molar-refractivity contribution in [2.45, 2.75) is 65.7 Å². The van der Waals surface area contributed by atoms with Gasteiger partial charge in [-0.25, -0.2) is 0 Å². The van der Waals surface area contributed by atoms with E-state index in [1.165, 1.54) is 37.8 Å². The molecule has 0 heterocycles. The summed E-state index contributed by atoms with van der Waals surface area (Å²) in [4.78, 5) is 9.16. The summed E-state index contributed by atoms with van der Waals surface area (Å²) >= 11 is 0. The molecular formula is C17H33N3. The van der Waals surface area contributed by atoms with Crippen LogP contribution in [0.25, 0.3) is 0 Å². The second-order valence-electron chi connectivity index (χ2n) is 6.87. The Hall–Kier alpha value is -0.700. The second-order valence-corrected chi connectivity index (χ2v) is 6.87. The maximum Gasteiger partial charge on any atom is 0.0400 e. The van der Waals surface area contributed by atoms with E-state index in [0.717, 1.165) is 39.0 Å². The third-order valence-electron chi connectivity index (χ3n) is 3.40. The molecule has 20 heavy (non-hydrogen) atoms. The molecule has 3 nitrogen and oxygen atoms in total. The van der Waals surface area contributed by atoms with Crippen LogP contribution in [0.4, 0.5) is 0 Å². The molecule has 0 aromatic heterocycles. The normalized spacial score (nSPS) is 16.9. The van der Waals surface area contributed by atoms with E-state index < -0.39 is 0 Å². The van der Waals surface area contributed by atoms with Gasteiger partial charge in [-0.2, -0.15) is 0 Å². The summed E-state index contributed by atoms with van der Waals surface area (Å²) in [6.45, 7) is 10.6. The van der Waals surface area contributed by atoms with Gasteiger partial charge in [-0.15, -0.1) is 0 Å². The molecule has 0 aromatic rings. The van der Waals surface area contributed by atoms with E-state index in [4.69, 9.17) is 4.99 Å². The molecule has 0 radical (unpaired) electrons. The van der Waals surface area contributed by atoms with Crippen molar-refractivity contribution >= 4 is 11.9 Å². The first-order chi connectivity index (χ1) is 9.58. The van der Waals surface area contributed by atoms with Gasteiger partial charge in [-0.05, 0) is 57.0 Å².